The van der Waals surface area contributed by atoms with E-state index in [0.717, 1.165) is 4.96 Å². The molecular formula is C16H16FN3O2S. The molecule has 1 aromatic carbocycles. The lowest BCUT2D eigenvalue weighted by Crippen LogP contribution is -2.28. The summed E-state index contributed by atoms with van der Waals surface area (Å²) in [5.41, 5.74) is 1.39. The molecule has 0 aliphatic carbocycles. The first kappa shape index (κ1) is 15.5. The third-order valence-corrected chi connectivity index (χ3v) is 4.31. The van der Waals surface area contributed by atoms with Gasteiger partial charge in [-0.15, -0.1) is 11.3 Å². The van der Waals surface area contributed by atoms with Crippen LogP contribution >= 0.6 is 11.3 Å². The van der Waals surface area contributed by atoms with Gasteiger partial charge in [0.1, 0.15) is 0 Å². The van der Waals surface area contributed by atoms with Crippen LogP contribution in [0.15, 0.2) is 36.0 Å². The molecule has 0 radical (unpaired) electrons. The van der Waals surface area contributed by atoms with E-state index in [1.165, 1.54) is 24.5 Å². The minimum atomic E-state index is -0.444. The number of ether oxygens (including phenoxy) is 1. The average Bonchev–Trinajstić information content (AvgIpc) is 3.08. The largest absolute Gasteiger partial charge is 0.494 e. The molecule has 1 amide bonds. The normalized spacial score (nSPS) is 12.3. The molecule has 0 saturated heterocycles. The molecule has 0 bridgehead atoms. The highest BCUT2D eigenvalue weighted by Gasteiger charge is 2.14. The summed E-state index contributed by atoms with van der Waals surface area (Å²) in [4.78, 5) is 17.4. The standard InChI is InChI=1S/C16H16FN3O2S/c1-10(11-3-4-14(22-2)13(17)7-11)18-15(21)8-12-9-20-5-6-23-16(20)19-12/h3-7,9-10H,8H2,1-2H3,(H,18,21). The molecule has 5 nitrogen and oxygen atoms in total. The Hall–Kier alpha value is -2.41. The molecule has 23 heavy (non-hydrogen) atoms. The van der Waals surface area contributed by atoms with Crippen molar-refractivity contribution in [3.63, 3.8) is 0 Å². The lowest BCUT2D eigenvalue weighted by Gasteiger charge is -2.15. The third-order valence-electron chi connectivity index (χ3n) is 3.54. The van der Waals surface area contributed by atoms with Gasteiger partial charge in [0, 0.05) is 17.8 Å². The smallest absolute Gasteiger partial charge is 0.226 e. The molecule has 0 saturated carbocycles. The number of nitrogens with zero attached hydrogens (tertiary/aromatic N) is 2. The molecule has 1 atom stereocenters. The van der Waals surface area contributed by atoms with Crippen LogP contribution in [0.25, 0.3) is 4.96 Å². The number of rotatable bonds is 5. The van der Waals surface area contributed by atoms with Gasteiger partial charge in [-0.25, -0.2) is 9.37 Å². The van der Waals surface area contributed by atoms with Crippen LogP contribution in [0.2, 0.25) is 0 Å². The van der Waals surface area contributed by atoms with Crippen molar-refractivity contribution in [1.29, 1.82) is 0 Å². The first-order chi connectivity index (χ1) is 11.1. The van der Waals surface area contributed by atoms with E-state index < -0.39 is 5.82 Å². The van der Waals surface area contributed by atoms with Crippen molar-refractivity contribution in [3.05, 3.63) is 53.0 Å². The van der Waals surface area contributed by atoms with Gasteiger partial charge in [-0.2, -0.15) is 0 Å². The van der Waals surface area contributed by atoms with E-state index in [2.05, 4.69) is 10.3 Å². The molecule has 1 unspecified atom stereocenters. The minimum absolute atomic E-state index is 0.153. The van der Waals surface area contributed by atoms with E-state index >= 15 is 0 Å². The number of benzene rings is 1. The SMILES string of the molecule is COc1ccc(C(C)NC(=O)Cc2cn3ccsc3n2)cc1F. The summed E-state index contributed by atoms with van der Waals surface area (Å²) in [6, 6.07) is 4.36. The number of hydrogen-bond donors (Lipinski definition) is 1. The zero-order valence-corrected chi connectivity index (χ0v) is 13.6. The van der Waals surface area contributed by atoms with Gasteiger partial charge in [-0.1, -0.05) is 6.07 Å². The molecule has 0 spiro atoms. The topological polar surface area (TPSA) is 55.6 Å². The van der Waals surface area contributed by atoms with Gasteiger partial charge in [0.25, 0.3) is 0 Å². The summed E-state index contributed by atoms with van der Waals surface area (Å²) >= 11 is 1.52. The number of amides is 1. The van der Waals surface area contributed by atoms with E-state index in [0.29, 0.717) is 11.3 Å². The maximum absolute atomic E-state index is 13.7. The number of hydrogen-bond acceptors (Lipinski definition) is 4. The van der Waals surface area contributed by atoms with E-state index in [1.54, 1.807) is 12.1 Å². The van der Waals surface area contributed by atoms with E-state index in [4.69, 9.17) is 4.74 Å². The van der Waals surface area contributed by atoms with Gasteiger partial charge >= 0.3 is 0 Å². The molecule has 120 valence electrons. The van der Waals surface area contributed by atoms with Crippen molar-refractivity contribution >= 4 is 22.2 Å². The molecule has 0 aliphatic heterocycles. The number of thiazole rings is 1. The summed E-state index contributed by atoms with van der Waals surface area (Å²) in [6.07, 6.45) is 3.93. The van der Waals surface area contributed by atoms with Gasteiger partial charge in [-0.3, -0.25) is 9.20 Å². The molecule has 1 N–H and O–H groups in total. The van der Waals surface area contributed by atoms with Crippen LogP contribution in [0.5, 0.6) is 5.75 Å². The Labute approximate surface area is 136 Å². The zero-order valence-electron chi connectivity index (χ0n) is 12.7. The first-order valence-electron chi connectivity index (χ1n) is 7.10. The number of halogens is 1. The van der Waals surface area contributed by atoms with E-state index in [9.17, 15) is 9.18 Å². The van der Waals surface area contributed by atoms with Crippen molar-refractivity contribution in [1.82, 2.24) is 14.7 Å². The van der Waals surface area contributed by atoms with Crippen molar-refractivity contribution in [2.24, 2.45) is 0 Å². The van der Waals surface area contributed by atoms with Crippen molar-refractivity contribution in [2.45, 2.75) is 19.4 Å². The van der Waals surface area contributed by atoms with Crippen LogP contribution in [0, 0.1) is 5.82 Å². The highest BCUT2D eigenvalue weighted by Crippen LogP contribution is 2.21. The summed E-state index contributed by atoms with van der Waals surface area (Å²) < 4.78 is 20.5. The summed E-state index contributed by atoms with van der Waals surface area (Å²) in [5.74, 6) is -0.412. The number of nitrogens with one attached hydrogen (secondary N) is 1. The van der Waals surface area contributed by atoms with Gasteiger partial charge in [0.05, 0.1) is 25.3 Å². The highest BCUT2D eigenvalue weighted by atomic mass is 32.1. The predicted octanol–water partition coefficient (Wildman–Crippen LogP) is 2.96. The summed E-state index contributed by atoms with van der Waals surface area (Å²) in [7, 11) is 1.42. The highest BCUT2D eigenvalue weighted by molar-refractivity contribution is 7.15. The van der Waals surface area contributed by atoms with Gasteiger partial charge in [-0.05, 0) is 24.6 Å². The van der Waals surface area contributed by atoms with Crippen LogP contribution in [0.1, 0.15) is 24.2 Å². The van der Waals surface area contributed by atoms with E-state index in [1.807, 2.05) is 29.1 Å². The fourth-order valence-electron chi connectivity index (χ4n) is 2.35. The Bertz CT molecular complexity index is 814. The molecule has 0 fully saturated rings. The maximum Gasteiger partial charge on any atom is 0.226 e. The lowest BCUT2D eigenvalue weighted by atomic mass is 10.1. The second-order valence-corrected chi connectivity index (χ2v) is 6.06. The van der Waals surface area contributed by atoms with Crippen LogP contribution in [-0.4, -0.2) is 22.4 Å². The minimum Gasteiger partial charge on any atom is -0.494 e. The predicted molar refractivity (Wildman–Crippen MR) is 86.3 cm³/mol. The molecule has 2 heterocycles. The van der Waals surface area contributed by atoms with Crippen LogP contribution < -0.4 is 10.1 Å². The maximum atomic E-state index is 13.7. The molecule has 3 rings (SSSR count). The Morgan fingerprint density at radius 2 is 2.35 bits per heavy atom. The monoisotopic (exact) mass is 333 g/mol. The lowest BCUT2D eigenvalue weighted by molar-refractivity contribution is -0.121. The second-order valence-electron chi connectivity index (χ2n) is 5.19. The number of carbonyl (C=O) groups excluding carboxylic acids is 1. The number of methoxy groups -OCH3 is 1. The number of aromatic nitrogens is 2. The summed E-state index contributed by atoms with van der Waals surface area (Å²) in [5, 5.41) is 4.79. The summed E-state index contributed by atoms with van der Waals surface area (Å²) in [6.45, 7) is 1.81. The first-order valence-corrected chi connectivity index (χ1v) is 7.98. The second kappa shape index (κ2) is 6.37. The fraction of sp³-hybridized carbons (Fsp3) is 0.250. The quantitative estimate of drug-likeness (QED) is 0.781. The Morgan fingerprint density at radius 3 is 3.04 bits per heavy atom. The molecular weight excluding hydrogens is 317 g/mol. The molecule has 2 aromatic heterocycles. The van der Waals surface area contributed by atoms with Gasteiger partial charge in [0.15, 0.2) is 16.5 Å². The van der Waals surface area contributed by atoms with Crippen LogP contribution in [-0.2, 0) is 11.2 Å². The Morgan fingerprint density at radius 1 is 1.52 bits per heavy atom. The van der Waals surface area contributed by atoms with Gasteiger partial charge < -0.3 is 10.1 Å². The molecule has 7 heteroatoms. The van der Waals surface area contributed by atoms with Crippen molar-refractivity contribution in [3.8, 4) is 5.75 Å². The van der Waals surface area contributed by atoms with Gasteiger partial charge in [0.2, 0.25) is 5.91 Å². The third kappa shape index (κ3) is 3.34. The van der Waals surface area contributed by atoms with Crippen molar-refractivity contribution in [2.75, 3.05) is 7.11 Å². The van der Waals surface area contributed by atoms with Crippen molar-refractivity contribution < 1.29 is 13.9 Å². The van der Waals surface area contributed by atoms with E-state index in [-0.39, 0.29) is 24.1 Å². The Kier molecular flexibility index (Phi) is 4.29. The molecule has 3 aromatic rings. The number of fused-ring (bicyclic) bond motifs is 1. The number of carbonyl (C=O) groups is 1. The average molecular weight is 333 g/mol. The fourth-order valence-corrected chi connectivity index (χ4v) is 3.07. The number of imidazole rings is 1. The Balaban J connectivity index is 1.64. The molecule has 0 aliphatic rings. The van der Waals surface area contributed by atoms with Crippen LogP contribution in [0.3, 0.4) is 0 Å². The van der Waals surface area contributed by atoms with Crippen LogP contribution in [0.4, 0.5) is 4.39 Å². The zero-order chi connectivity index (χ0) is 16.4.